The van der Waals surface area contributed by atoms with Gasteiger partial charge in [-0.2, -0.15) is 9.82 Å². The quantitative estimate of drug-likeness (QED) is 0.904. The number of rotatable bonds is 4. The van der Waals surface area contributed by atoms with E-state index in [-0.39, 0.29) is 17.1 Å². The topological polar surface area (TPSA) is 94.7 Å². The second kappa shape index (κ2) is 5.23. The Bertz CT molecular complexity index is 733. The number of nitrogens with one attached hydrogen (secondary N) is 1. The van der Waals surface area contributed by atoms with Gasteiger partial charge >= 0.3 is 0 Å². The Balaban J connectivity index is 1.84. The highest BCUT2D eigenvalue weighted by molar-refractivity contribution is 7.89. The molecule has 0 aromatic carbocycles. The Morgan fingerprint density at radius 1 is 1.38 bits per heavy atom. The fourth-order valence-corrected chi connectivity index (χ4v) is 3.55. The van der Waals surface area contributed by atoms with Crippen molar-refractivity contribution in [1.82, 2.24) is 29.0 Å². The van der Waals surface area contributed by atoms with Crippen molar-refractivity contribution >= 4 is 10.0 Å². The van der Waals surface area contributed by atoms with E-state index in [0.29, 0.717) is 12.2 Å². The van der Waals surface area contributed by atoms with Crippen molar-refractivity contribution in [3.05, 3.63) is 24.7 Å². The SMILES string of the molecule is CC(C)n1cnc(S(=O)(=O)N[C@H]2CCCn3ncnc32)c1. The van der Waals surface area contributed by atoms with E-state index in [2.05, 4.69) is 19.8 Å². The summed E-state index contributed by atoms with van der Waals surface area (Å²) in [5.41, 5.74) is 0. The van der Waals surface area contributed by atoms with Crippen molar-refractivity contribution < 1.29 is 8.42 Å². The first kappa shape index (κ1) is 14.2. The van der Waals surface area contributed by atoms with Crippen LogP contribution in [0.25, 0.3) is 0 Å². The summed E-state index contributed by atoms with van der Waals surface area (Å²) in [7, 11) is -3.66. The number of hydrogen-bond donors (Lipinski definition) is 1. The zero-order valence-electron chi connectivity index (χ0n) is 12.0. The zero-order valence-corrected chi connectivity index (χ0v) is 12.8. The third-order valence-corrected chi connectivity index (χ3v) is 4.92. The third-order valence-electron chi connectivity index (χ3n) is 3.57. The minimum absolute atomic E-state index is 0.0350. The van der Waals surface area contributed by atoms with Gasteiger partial charge in [0.1, 0.15) is 12.2 Å². The van der Waals surface area contributed by atoms with Crippen LogP contribution >= 0.6 is 0 Å². The second-order valence-corrected chi connectivity index (χ2v) is 7.07. The lowest BCUT2D eigenvalue weighted by atomic mass is 10.1. The minimum atomic E-state index is -3.66. The maximum absolute atomic E-state index is 12.4. The number of imidazole rings is 1. The molecule has 2 aromatic rings. The maximum atomic E-state index is 12.4. The maximum Gasteiger partial charge on any atom is 0.260 e. The van der Waals surface area contributed by atoms with Gasteiger partial charge in [-0.3, -0.25) is 0 Å². The number of nitrogens with zero attached hydrogens (tertiary/aromatic N) is 5. The van der Waals surface area contributed by atoms with Gasteiger partial charge in [0, 0.05) is 18.8 Å². The Morgan fingerprint density at radius 2 is 2.19 bits per heavy atom. The highest BCUT2D eigenvalue weighted by Gasteiger charge is 2.28. The molecular weight excluding hydrogens is 292 g/mol. The standard InChI is InChI=1S/C12H18N6O2S/c1-9(2)17-6-11(14-8-17)21(19,20)16-10-4-3-5-18-12(10)13-7-15-18/h6-10,16H,3-5H2,1-2H3/t10-/m0/s1. The summed E-state index contributed by atoms with van der Waals surface area (Å²) >= 11 is 0. The summed E-state index contributed by atoms with van der Waals surface area (Å²) in [4.78, 5) is 8.14. The van der Waals surface area contributed by atoms with Crippen LogP contribution in [0.4, 0.5) is 0 Å². The van der Waals surface area contributed by atoms with Gasteiger partial charge in [0.05, 0.1) is 12.4 Å². The summed E-state index contributed by atoms with van der Waals surface area (Å²) < 4.78 is 31.0. The first-order chi connectivity index (χ1) is 9.97. The van der Waals surface area contributed by atoms with E-state index >= 15 is 0 Å². The first-order valence-electron chi connectivity index (χ1n) is 6.91. The number of aryl methyl sites for hydroxylation is 1. The molecule has 1 aliphatic rings. The molecule has 0 unspecified atom stereocenters. The molecule has 9 heteroatoms. The predicted molar refractivity (Wildman–Crippen MR) is 74.9 cm³/mol. The lowest BCUT2D eigenvalue weighted by Gasteiger charge is -2.22. The molecule has 21 heavy (non-hydrogen) atoms. The van der Waals surface area contributed by atoms with E-state index in [9.17, 15) is 8.42 Å². The first-order valence-corrected chi connectivity index (χ1v) is 8.39. The van der Waals surface area contributed by atoms with E-state index in [4.69, 9.17) is 0 Å². The average molecular weight is 310 g/mol. The van der Waals surface area contributed by atoms with Crippen LogP contribution in [0.5, 0.6) is 0 Å². The minimum Gasteiger partial charge on any atom is -0.334 e. The molecule has 1 N–H and O–H groups in total. The highest BCUT2D eigenvalue weighted by Crippen LogP contribution is 2.24. The monoisotopic (exact) mass is 310 g/mol. The van der Waals surface area contributed by atoms with Crippen molar-refractivity contribution in [1.29, 1.82) is 0 Å². The van der Waals surface area contributed by atoms with Crippen molar-refractivity contribution in [2.45, 2.75) is 50.3 Å². The van der Waals surface area contributed by atoms with Crippen molar-refractivity contribution in [3.8, 4) is 0 Å². The molecule has 0 saturated carbocycles. The van der Waals surface area contributed by atoms with Crippen LogP contribution in [-0.2, 0) is 16.6 Å². The number of hydrogen-bond acceptors (Lipinski definition) is 5. The summed E-state index contributed by atoms with van der Waals surface area (Å²) in [5, 5.41) is 4.12. The van der Waals surface area contributed by atoms with E-state index in [1.807, 2.05) is 13.8 Å². The molecule has 3 rings (SSSR count). The molecule has 0 saturated heterocycles. The summed E-state index contributed by atoms with van der Waals surface area (Å²) in [6.07, 6.45) is 6.10. The van der Waals surface area contributed by atoms with Gasteiger partial charge in [-0.05, 0) is 26.7 Å². The summed E-state index contributed by atoms with van der Waals surface area (Å²) in [5.74, 6) is 0.660. The fraction of sp³-hybridized carbons (Fsp3) is 0.583. The molecule has 1 aliphatic heterocycles. The second-order valence-electron chi connectivity index (χ2n) is 5.41. The summed E-state index contributed by atoms with van der Waals surface area (Å²) in [6.45, 7) is 4.71. The van der Waals surface area contributed by atoms with Crippen LogP contribution < -0.4 is 4.72 Å². The lowest BCUT2D eigenvalue weighted by molar-refractivity contribution is 0.399. The molecular formula is C12H18N6O2S. The van der Waals surface area contributed by atoms with E-state index in [1.165, 1.54) is 12.7 Å². The normalized spacial score (nSPS) is 18.9. The average Bonchev–Trinajstić information content (AvgIpc) is 3.08. The molecule has 8 nitrogen and oxygen atoms in total. The van der Waals surface area contributed by atoms with Gasteiger partial charge in [0.25, 0.3) is 10.0 Å². The third kappa shape index (κ3) is 2.70. The van der Waals surface area contributed by atoms with Crippen LogP contribution in [-0.4, -0.2) is 32.7 Å². The fourth-order valence-electron chi connectivity index (χ4n) is 2.39. The molecule has 0 amide bonds. The molecule has 0 bridgehead atoms. The molecule has 0 fully saturated rings. The van der Waals surface area contributed by atoms with Gasteiger partial charge in [0.2, 0.25) is 0 Å². The van der Waals surface area contributed by atoms with Gasteiger partial charge in [-0.1, -0.05) is 0 Å². The Labute approximate surface area is 123 Å². The van der Waals surface area contributed by atoms with E-state index < -0.39 is 10.0 Å². The molecule has 0 spiro atoms. The number of aromatic nitrogens is 5. The molecule has 3 heterocycles. The Hall–Kier alpha value is -1.74. The molecule has 114 valence electrons. The van der Waals surface area contributed by atoms with Gasteiger partial charge < -0.3 is 4.57 Å². The summed E-state index contributed by atoms with van der Waals surface area (Å²) in [6, 6.07) is -0.185. The van der Waals surface area contributed by atoms with Crippen molar-refractivity contribution in [2.24, 2.45) is 0 Å². The largest absolute Gasteiger partial charge is 0.334 e. The van der Waals surface area contributed by atoms with Crippen LogP contribution in [0.2, 0.25) is 0 Å². The van der Waals surface area contributed by atoms with Gasteiger partial charge in [0.15, 0.2) is 5.03 Å². The van der Waals surface area contributed by atoms with Crippen molar-refractivity contribution in [2.75, 3.05) is 0 Å². The van der Waals surface area contributed by atoms with Gasteiger partial charge in [-0.15, -0.1) is 0 Å². The van der Waals surface area contributed by atoms with Crippen molar-refractivity contribution in [3.63, 3.8) is 0 Å². The van der Waals surface area contributed by atoms with Gasteiger partial charge in [-0.25, -0.2) is 23.1 Å². The highest BCUT2D eigenvalue weighted by atomic mass is 32.2. The Kier molecular flexibility index (Phi) is 3.54. The molecule has 0 aliphatic carbocycles. The number of fused-ring (bicyclic) bond motifs is 1. The van der Waals surface area contributed by atoms with Crippen LogP contribution in [0.3, 0.4) is 0 Å². The predicted octanol–water partition coefficient (Wildman–Crippen LogP) is 0.869. The van der Waals surface area contributed by atoms with E-state index in [0.717, 1.165) is 13.0 Å². The zero-order chi connectivity index (χ0) is 15.0. The van der Waals surface area contributed by atoms with E-state index in [1.54, 1.807) is 15.4 Å². The Morgan fingerprint density at radius 3 is 2.90 bits per heavy atom. The van der Waals surface area contributed by atoms with Crippen LogP contribution in [0, 0.1) is 0 Å². The molecule has 2 aromatic heterocycles. The lowest BCUT2D eigenvalue weighted by Crippen LogP contribution is -2.33. The molecule has 1 atom stereocenters. The number of sulfonamides is 1. The molecule has 0 radical (unpaired) electrons. The van der Waals surface area contributed by atoms with Crippen LogP contribution in [0.15, 0.2) is 23.9 Å². The van der Waals surface area contributed by atoms with Crippen LogP contribution in [0.1, 0.15) is 44.6 Å². The smallest absolute Gasteiger partial charge is 0.260 e.